The average molecular weight is 483 g/mol. The quantitative estimate of drug-likeness (QED) is 0.102. The molecular formula is C30H58O4. The summed E-state index contributed by atoms with van der Waals surface area (Å²) in [6.07, 6.45) is 20.1. The van der Waals surface area contributed by atoms with E-state index < -0.39 is 0 Å². The Kier molecular flexibility index (Phi) is 22.9. The second kappa shape index (κ2) is 23.7. The molecule has 0 aliphatic carbocycles. The normalized spacial score (nSPS) is 11.5. The summed E-state index contributed by atoms with van der Waals surface area (Å²) in [7, 11) is 0. The average Bonchev–Trinajstić information content (AvgIpc) is 2.81. The molecule has 0 radical (unpaired) electrons. The Labute approximate surface area is 212 Å². The molecule has 4 heteroatoms. The minimum Gasteiger partial charge on any atom is -0.465 e. The molecule has 0 fully saturated rings. The van der Waals surface area contributed by atoms with Gasteiger partial charge in [-0.3, -0.25) is 9.59 Å². The molecule has 0 unspecified atom stereocenters. The molecule has 0 saturated carbocycles. The van der Waals surface area contributed by atoms with E-state index in [2.05, 4.69) is 27.7 Å². The summed E-state index contributed by atoms with van der Waals surface area (Å²) in [5.41, 5.74) is 0. The van der Waals surface area contributed by atoms with Gasteiger partial charge in [0.25, 0.3) is 0 Å². The first-order chi connectivity index (χ1) is 16.5. The molecule has 0 aromatic rings. The topological polar surface area (TPSA) is 52.6 Å². The van der Waals surface area contributed by atoms with E-state index in [9.17, 15) is 9.59 Å². The van der Waals surface area contributed by atoms with Crippen LogP contribution in [-0.2, 0) is 19.1 Å². The standard InChI is InChI=1S/C30H58O4/c1-6-10-14-18-27(19-15-11-7-2)22-29(31)33-24-26(5)25-34-30(32)23-28(20-16-12-8-3)21-17-13-9-4/h26-28H,6-25H2,1-5H3. The van der Waals surface area contributed by atoms with Gasteiger partial charge >= 0.3 is 11.9 Å². The Balaban J connectivity index is 4.29. The van der Waals surface area contributed by atoms with Crippen LogP contribution in [0.15, 0.2) is 0 Å². The smallest absolute Gasteiger partial charge is 0.306 e. The first kappa shape index (κ1) is 32.9. The van der Waals surface area contributed by atoms with Gasteiger partial charge in [-0.15, -0.1) is 0 Å². The van der Waals surface area contributed by atoms with Crippen molar-refractivity contribution < 1.29 is 19.1 Å². The van der Waals surface area contributed by atoms with E-state index in [1.165, 1.54) is 77.0 Å². The summed E-state index contributed by atoms with van der Waals surface area (Å²) in [5, 5.41) is 0. The minimum atomic E-state index is -0.0944. The second-order valence-corrected chi connectivity index (χ2v) is 10.6. The van der Waals surface area contributed by atoms with Gasteiger partial charge in [0.05, 0.1) is 13.2 Å². The largest absolute Gasteiger partial charge is 0.465 e. The van der Waals surface area contributed by atoms with Crippen LogP contribution in [0.2, 0.25) is 0 Å². The van der Waals surface area contributed by atoms with E-state index in [0.717, 1.165) is 25.7 Å². The van der Waals surface area contributed by atoms with Gasteiger partial charge in [-0.1, -0.05) is 112 Å². The van der Waals surface area contributed by atoms with E-state index in [4.69, 9.17) is 9.47 Å². The first-order valence-electron chi connectivity index (χ1n) is 14.8. The third-order valence-electron chi connectivity index (χ3n) is 6.83. The molecule has 0 aromatic carbocycles. The van der Waals surface area contributed by atoms with Gasteiger partial charge in [0.1, 0.15) is 0 Å². The van der Waals surface area contributed by atoms with Gasteiger partial charge in [0, 0.05) is 18.8 Å². The lowest BCUT2D eigenvalue weighted by atomic mass is 9.92. The summed E-state index contributed by atoms with van der Waals surface area (Å²) in [6, 6.07) is 0. The molecule has 0 heterocycles. The zero-order chi connectivity index (χ0) is 25.4. The number of hydrogen-bond acceptors (Lipinski definition) is 4. The Morgan fingerprint density at radius 2 is 0.824 bits per heavy atom. The summed E-state index contributed by atoms with van der Waals surface area (Å²) in [4.78, 5) is 24.9. The Morgan fingerprint density at radius 3 is 1.09 bits per heavy atom. The molecule has 0 atom stereocenters. The van der Waals surface area contributed by atoms with Crippen molar-refractivity contribution in [3.63, 3.8) is 0 Å². The van der Waals surface area contributed by atoms with Crippen LogP contribution in [-0.4, -0.2) is 25.2 Å². The predicted octanol–water partition coefficient (Wildman–Crippen LogP) is 9.04. The highest BCUT2D eigenvalue weighted by atomic mass is 16.5. The summed E-state index contributed by atoms with van der Waals surface area (Å²) in [5.74, 6) is 0.725. The first-order valence-corrected chi connectivity index (χ1v) is 14.8. The van der Waals surface area contributed by atoms with Crippen LogP contribution >= 0.6 is 0 Å². The molecule has 0 N–H and O–H groups in total. The summed E-state index contributed by atoms with van der Waals surface area (Å²) >= 11 is 0. The van der Waals surface area contributed by atoms with E-state index in [1.807, 2.05) is 6.92 Å². The molecular weight excluding hydrogens is 424 g/mol. The number of hydrogen-bond donors (Lipinski definition) is 0. The maximum absolute atomic E-state index is 12.4. The van der Waals surface area contributed by atoms with Gasteiger partial charge in [-0.25, -0.2) is 0 Å². The number of carbonyl (C=O) groups excluding carboxylic acids is 2. The van der Waals surface area contributed by atoms with Crippen LogP contribution in [0.5, 0.6) is 0 Å². The fourth-order valence-electron chi connectivity index (χ4n) is 4.54. The number of rotatable bonds is 24. The Bertz CT molecular complexity index is 414. The van der Waals surface area contributed by atoms with Crippen molar-refractivity contribution in [3.8, 4) is 0 Å². The molecule has 202 valence electrons. The zero-order valence-electron chi connectivity index (χ0n) is 23.5. The highest BCUT2D eigenvalue weighted by Crippen LogP contribution is 2.23. The van der Waals surface area contributed by atoms with Crippen molar-refractivity contribution in [2.24, 2.45) is 17.8 Å². The fourth-order valence-corrected chi connectivity index (χ4v) is 4.54. The second-order valence-electron chi connectivity index (χ2n) is 10.6. The van der Waals surface area contributed by atoms with E-state index in [1.54, 1.807) is 0 Å². The predicted molar refractivity (Wildman–Crippen MR) is 144 cm³/mol. The van der Waals surface area contributed by atoms with Crippen LogP contribution in [0.25, 0.3) is 0 Å². The number of unbranched alkanes of at least 4 members (excludes halogenated alkanes) is 8. The Hall–Kier alpha value is -1.06. The Morgan fingerprint density at radius 1 is 0.529 bits per heavy atom. The zero-order valence-corrected chi connectivity index (χ0v) is 23.5. The monoisotopic (exact) mass is 482 g/mol. The van der Waals surface area contributed by atoms with Gasteiger partial charge < -0.3 is 9.47 Å². The lowest BCUT2D eigenvalue weighted by Gasteiger charge is -2.18. The molecule has 4 nitrogen and oxygen atoms in total. The third-order valence-corrected chi connectivity index (χ3v) is 6.83. The van der Waals surface area contributed by atoms with Crippen molar-refractivity contribution in [1.29, 1.82) is 0 Å². The van der Waals surface area contributed by atoms with Crippen LogP contribution in [0.1, 0.15) is 150 Å². The van der Waals surface area contributed by atoms with Gasteiger partial charge in [0.2, 0.25) is 0 Å². The summed E-state index contributed by atoms with van der Waals surface area (Å²) in [6.45, 7) is 11.5. The number of esters is 2. The minimum absolute atomic E-state index is 0.0326. The molecule has 0 bridgehead atoms. The van der Waals surface area contributed by atoms with Crippen molar-refractivity contribution in [2.75, 3.05) is 13.2 Å². The SMILES string of the molecule is CCCCCC(CCCCC)CC(=O)OCC(C)COC(=O)CC(CCCCC)CCCCC. The van der Waals surface area contributed by atoms with E-state index in [0.29, 0.717) is 37.9 Å². The molecule has 0 spiro atoms. The van der Waals surface area contributed by atoms with E-state index >= 15 is 0 Å². The molecule has 0 aliphatic rings. The van der Waals surface area contributed by atoms with Gasteiger partial charge in [-0.2, -0.15) is 0 Å². The molecule has 0 aromatic heterocycles. The summed E-state index contributed by atoms with van der Waals surface area (Å²) < 4.78 is 11.1. The van der Waals surface area contributed by atoms with Crippen LogP contribution in [0.3, 0.4) is 0 Å². The van der Waals surface area contributed by atoms with Crippen molar-refractivity contribution in [1.82, 2.24) is 0 Å². The molecule has 0 amide bonds. The molecule has 0 aliphatic heterocycles. The molecule has 0 saturated heterocycles. The third kappa shape index (κ3) is 20.3. The number of carbonyl (C=O) groups is 2. The number of ether oxygens (including phenoxy) is 2. The highest BCUT2D eigenvalue weighted by Gasteiger charge is 2.18. The maximum Gasteiger partial charge on any atom is 0.306 e. The van der Waals surface area contributed by atoms with E-state index in [-0.39, 0.29) is 17.9 Å². The van der Waals surface area contributed by atoms with Crippen LogP contribution in [0.4, 0.5) is 0 Å². The van der Waals surface area contributed by atoms with Gasteiger partial charge in [-0.05, 0) is 37.5 Å². The van der Waals surface area contributed by atoms with Crippen molar-refractivity contribution >= 4 is 11.9 Å². The van der Waals surface area contributed by atoms with Crippen molar-refractivity contribution in [2.45, 2.75) is 150 Å². The van der Waals surface area contributed by atoms with Crippen LogP contribution < -0.4 is 0 Å². The molecule has 34 heavy (non-hydrogen) atoms. The lowest BCUT2D eigenvalue weighted by Crippen LogP contribution is -2.21. The lowest BCUT2D eigenvalue weighted by molar-refractivity contribution is -0.149. The van der Waals surface area contributed by atoms with Crippen molar-refractivity contribution in [3.05, 3.63) is 0 Å². The maximum atomic E-state index is 12.4. The van der Waals surface area contributed by atoms with Gasteiger partial charge in [0.15, 0.2) is 0 Å². The van der Waals surface area contributed by atoms with Crippen LogP contribution in [0, 0.1) is 17.8 Å². The highest BCUT2D eigenvalue weighted by molar-refractivity contribution is 5.70. The fraction of sp³-hybridized carbons (Fsp3) is 0.933. The molecule has 0 rings (SSSR count).